The standard InChI is InChI=1S/C11H20N2S/c1-10(11-5-8-14-9-11)13(3)7-4-6-12-2/h5,8-10,12H,4,6-7H2,1-3H3. The number of hydrogen-bond acceptors (Lipinski definition) is 3. The van der Waals surface area contributed by atoms with Gasteiger partial charge >= 0.3 is 0 Å². The largest absolute Gasteiger partial charge is 0.320 e. The van der Waals surface area contributed by atoms with E-state index in [4.69, 9.17) is 0 Å². The first-order valence-electron chi connectivity index (χ1n) is 5.12. The fourth-order valence-corrected chi connectivity index (χ4v) is 2.21. The Bertz CT molecular complexity index is 233. The van der Waals surface area contributed by atoms with Gasteiger partial charge in [0.25, 0.3) is 0 Å². The van der Waals surface area contributed by atoms with Crippen LogP contribution in [0.15, 0.2) is 16.8 Å². The number of nitrogens with one attached hydrogen (secondary N) is 1. The fourth-order valence-electron chi connectivity index (χ4n) is 1.47. The predicted molar refractivity (Wildman–Crippen MR) is 63.9 cm³/mol. The van der Waals surface area contributed by atoms with E-state index in [2.05, 4.69) is 41.0 Å². The molecule has 0 bridgehead atoms. The van der Waals surface area contributed by atoms with Crippen LogP contribution < -0.4 is 5.32 Å². The molecule has 14 heavy (non-hydrogen) atoms. The van der Waals surface area contributed by atoms with Crippen LogP contribution in [0.5, 0.6) is 0 Å². The summed E-state index contributed by atoms with van der Waals surface area (Å²) in [6.07, 6.45) is 1.21. The summed E-state index contributed by atoms with van der Waals surface area (Å²) in [5.74, 6) is 0. The number of nitrogens with zero attached hydrogens (tertiary/aromatic N) is 1. The maximum atomic E-state index is 3.17. The molecule has 1 N–H and O–H groups in total. The van der Waals surface area contributed by atoms with Crippen molar-refractivity contribution < 1.29 is 0 Å². The molecule has 0 aliphatic carbocycles. The zero-order valence-corrected chi connectivity index (χ0v) is 10.1. The lowest BCUT2D eigenvalue weighted by Crippen LogP contribution is -2.25. The third kappa shape index (κ3) is 3.40. The average Bonchev–Trinajstić information content (AvgIpc) is 2.69. The quantitative estimate of drug-likeness (QED) is 0.728. The Balaban J connectivity index is 2.33. The van der Waals surface area contributed by atoms with E-state index in [0.717, 1.165) is 13.1 Å². The van der Waals surface area contributed by atoms with Crippen molar-refractivity contribution in [2.75, 3.05) is 27.2 Å². The minimum Gasteiger partial charge on any atom is -0.320 e. The maximum Gasteiger partial charge on any atom is 0.0325 e. The monoisotopic (exact) mass is 212 g/mol. The van der Waals surface area contributed by atoms with Crippen LogP contribution in [0.3, 0.4) is 0 Å². The van der Waals surface area contributed by atoms with Gasteiger partial charge in [0.2, 0.25) is 0 Å². The first-order valence-corrected chi connectivity index (χ1v) is 6.07. The smallest absolute Gasteiger partial charge is 0.0325 e. The topological polar surface area (TPSA) is 15.3 Å². The second kappa shape index (κ2) is 6.17. The van der Waals surface area contributed by atoms with E-state index in [9.17, 15) is 0 Å². The van der Waals surface area contributed by atoms with Gasteiger partial charge in [0.15, 0.2) is 0 Å². The summed E-state index contributed by atoms with van der Waals surface area (Å²) in [5.41, 5.74) is 1.43. The van der Waals surface area contributed by atoms with E-state index in [-0.39, 0.29) is 0 Å². The Morgan fingerprint density at radius 3 is 2.93 bits per heavy atom. The zero-order chi connectivity index (χ0) is 10.4. The Morgan fingerprint density at radius 2 is 2.36 bits per heavy atom. The van der Waals surface area contributed by atoms with Crippen LogP contribution in [0.1, 0.15) is 24.9 Å². The molecule has 1 aromatic rings. The molecular formula is C11H20N2S. The molecule has 0 saturated carbocycles. The molecule has 2 nitrogen and oxygen atoms in total. The molecule has 0 aromatic carbocycles. The van der Waals surface area contributed by atoms with E-state index in [1.165, 1.54) is 12.0 Å². The summed E-state index contributed by atoms with van der Waals surface area (Å²) in [5, 5.41) is 7.55. The fraction of sp³-hybridized carbons (Fsp3) is 0.636. The number of hydrogen-bond donors (Lipinski definition) is 1. The van der Waals surface area contributed by atoms with Crippen molar-refractivity contribution >= 4 is 11.3 Å². The van der Waals surface area contributed by atoms with Gasteiger partial charge in [-0.2, -0.15) is 11.3 Å². The Hall–Kier alpha value is -0.380. The van der Waals surface area contributed by atoms with Crippen LogP contribution in [0.2, 0.25) is 0 Å². The van der Waals surface area contributed by atoms with Crippen molar-refractivity contribution in [2.24, 2.45) is 0 Å². The van der Waals surface area contributed by atoms with E-state index in [0.29, 0.717) is 6.04 Å². The van der Waals surface area contributed by atoms with Crippen LogP contribution >= 0.6 is 11.3 Å². The molecule has 1 rings (SSSR count). The highest BCUT2D eigenvalue weighted by Crippen LogP contribution is 2.20. The second-order valence-electron chi connectivity index (χ2n) is 3.67. The van der Waals surface area contributed by atoms with Crippen molar-refractivity contribution in [3.8, 4) is 0 Å². The van der Waals surface area contributed by atoms with Gasteiger partial charge < -0.3 is 5.32 Å². The molecule has 0 radical (unpaired) electrons. The predicted octanol–water partition coefficient (Wildman–Crippen LogP) is 2.35. The van der Waals surface area contributed by atoms with Crippen molar-refractivity contribution in [2.45, 2.75) is 19.4 Å². The van der Waals surface area contributed by atoms with Gasteiger partial charge in [0.1, 0.15) is 0 Å². The summed E-state index contributed by atoms with van der Waals surface area (Å²) >= 11 is 1.77. The van der Waals surface area contributed by atoms with Crippen LogP contribution in [0, 0.1) is 0 Å². The van der Waals surface area contributed by atoms with Gasteiger partial charge in [-0.1, -0.05) is 0 Å². The van der Waals surface area contributed by atoms with Gasteiger partial charge in [-0.3, -0.25) is 4.90 Å². The molecule has 1 aromatic heterocycles. The molecular weight excluding hydrogens is 192 g/mol. The molecule has 0 aliphatic rings. The molecule has 1 unspecified atom stereocenters. The van der Waals surface area contributed by atoms with E-state index < -0.39 is 0 Å². The highest BCUT2D eigenvalue weighted by molar-refractivity contribution is 7.07. The minimum atomic E-state index is 0.540. The van der Waals surface area contributed by atoms with Crippen LogP contribution in [-0.2, 0) is 0 Å². The summed E-state index contributed by atoms with van der Waals surface area (Å²) in [4.78, 5) is 2.40. The second-order valence-corrected chi connectivity index (χ2v) is 4.45. The number of thiophene rings is 1. The molecule has 0 amide bonds. The van der Waals surface area contributed by atoms with Crippen LogP contribution in [-0.4, -0.2) is 32.1 Å². The molecule has 0 spiro atoms. The van der Waals surface area contributed by atoms with Crippen molar-refractivity contribution in [3.63, 3.8) is 0 Å². The lowest BCUT2D eigenvalue weighted by molar-refractivity contribution is 0.258. The third-order valence-corrected chi connectivity index (χ3v) is 3.33. The highest BCUT2D eigenvalue weighted by Gasteiger charge is 2.10. The van der Waals surface area contributed by atoms with E-state index >= 15 is 0 Å². The average molecular weight is 212 g/mol. The molecule has 3 heteroatoms. The van der Waals surface area contributed by atoms with Gasteiger partial charge in [0, 0.05) is 6.04 Å². The van der Waals surface area contributed by atoms with Gasteiger partial charge in [-0.25, -0.2) is 0 Å². The summed E-state index contributed by atoms with van der Waals surface area (Å²) in [6, 6.07) is 2.75. The summed E-state index contributed by atoms with van der Waals surface area (Å²) < 4.78 is 0. The summed E-state index contributed by atoms with van der Waals surface area (Å²) in [6.45, 7) is 4.51. The molecule has 80 valence electrons. The summed E-state index contributed by atoms with van der Waals surface area (Å²) in [7, 11) is 4.19. The van der Waals surface area contributed by atoms with Crippen LogP contribution in [0.25, 0.3) is 0 Å². The SMILES string of the molecule is CNCCCN(C)C(C)c1ccsc1. The van der Waals surface area contributed by atoms with Gasteiger partial charge in [0.05, 0.1) is 0 Å². The normalized spacial score (nSPS) is 13.4. The van der Waals surface area contributed by atoms with E-state index in [1.54, 1.807) is 11.3 Å². The minimum absolute atomic E-state index is 0.540. The van der Waals surface area contributed by atoms with Gasteiger partial charge in [-0.15, -0.1) is 0 Å². The highest BCUT2D eigenvalue weighted by atomic mass is 32.1. The van der Waals surface area contributed by atoms with Gasteiger partial charge in [-0.05, 0) is 62.9 Å². The molecule has 0 aliphatic heterocycles. The zero-order valence-electron chi connectivity index (χ0n) is 9.29. The van der Waals surface area contributed by atoms with Crippen molar-refractivity contribution in [1.29, 1.82) is 0 Å². The molecule has 0 fully saturated rings. The Labute approximate surface area is 90.9 Å². The molecule has 1 atom stereocenters. The van der Waals surface area contributed by atoms with Crippen molar-refractivity contribution in [1.82, 2.24) is 10.2 Å². The molecule has 1 heterocycles. The van der Waals surface area contributed by atoms with Crippen LogP contribution in [0.4, 0.5) is 0 Å². The first-order chi connectivity index (χ1) is 6.75. The third-order valence-electron chi connectivity index (χ3n) is 2.62. The first kappa shape index (κ1) is 11.7. The lowest BCUT2D eigenvalue weighted by Gasteiger charge is -2.23. The lowest BCUT2D eigenvalue weighted by atomic mass is 10.1. The number of rotatable bonds is 6. The maximum absolute atomic E-state index is 3.17. The van der Waals surface area contributed by atoms with E-state index in [1.807, 2.05) is 7.05 Å². The Kier molecular flexibility index (Phi) is 5.15. The van der Waals surface area contributed by atoms with Crippen molar-refractivity contribution in [3.05, 3.63) is 22.4 Å². The Morgan fingerprint density at radius 1 is 1.57 bits per heavy atom. The molecule has 0 saturated heterocycles.